The van der Waals surface area contributed by atoms with E-state index in [1.165, 1.54) is 21.2 Å². The second-order valence-electron chi connectivity index (χ2n) is 3.17. The first-order valence-corrected chi connectivity index (χ1v) is 5.13. The standard InChI is InChI=1S/C11H12OS/c1-7-8(2)11-9(4-5-13-11)6-10(7)12-3/h4-6H,1-3H3. The number of aryl methyl sites for hydroxylation is 1. The molecule has 0 fully saturated rings. The minimum absolute atomic E-state index is 0.989. The first-order chi connectivity index (χ1) is 6.24. The third kappa shape index (κ3) is 1.22. The lowest BCUT2D eigenvalue weighted by molar-refractivity contribution is 0.412. The van der Waals surface area contributed by atoms with E-state index in [1.54, 1.807) is 18.4 Å². The third-order valence-electron chi connectivity index (χ3n) is 2.47. The summed E-state index contributed by atoms with van der Waals surface area (Å²) in [5.41, 5.74) is 2.58. The van der Waals surface area contributed by atoms with Crippen molar-refractivity contribution in [3.8, 4) is 5.75 Å². The normalized spacial score (nSPS) is 10.7. The Morgan fingerprint density at radius 2 is 2.00 bits per heavy atom. The van der Waals surface area contributed by atoms with Crippen molar-refractivity contribution in [2.24, 2.45) is 0 Å². The summed E-state index contributed by atoms with van der Waals surface area (Å²) in [6, 6.07) is 4.24. The molecule has 0 N–H and O–H groups in total. The van der Waals surface area contributed by atoms with Gasteiger partial charge in [-0.15, -0.1) is 11.3 Å². The summed E-state index contributed by atoms with van der Waals surface area (Å²) in [5.74, 6) is 0.989. The monoisotopic (exact) mass is 192 g/mol. The summed E-state index contributed by atoms with van der Waals surface area (Å²) >= 11 is 1.79. The Labute approximate surface area is 82.0 Å². The van der Waals surface area contributed by atoms with E-state index >= 15 is 0 Å². The van der Waals surface area contributed by atoms with Gasteiger partial charge in [-0.1, -0.05) is 0 Å². The highest BCUT2D eigenvalue weighted by atomic mass is 32.1. The number of hydrogen-bond acceptors (Lipinski definition) is 2. The van der Waals surface area contributed by atoms with Crippen molar-refractivity contribution in [3.05, 3.63) is 28.6 Å². The van der Waals surface area contributed by atoms with E-state index < -0.39 is 0 Å². The number of rotatable bonds is 1. The van der Waals surface area contributed by atoms with Gasteiger partial charge < -0.3 is 4.74 Å². The smallest absolute Gasteiger partial charge is 0.122 e. The molecule has 0 saturated heterocycles. The summed E-state index contributed by atoms with van der Waals surface area (Å²) in [7, 11) is 1.72. The minimum Gasteiger partial charge on any atom is -0.496 e. The quantitative estimate of drug-likeness (QED) is 0.671. The van der Waals surface area contributed by atoms with E-state index in [0.29, 0.717) is 0 Å². The lowest BCUT2D eigenvalue weighted by Gasteiger charge is -2.08. The highest BCUT2D eigenvalue weighted by Gasteiger charge is 2.07. The molecule has 0 saturated carbocycles. The maximum Gasteiger partial charge on any atom is 0.122 e. The van der Waals surface area contributed by atoms with Gasteiger partial charge in [0.25, 0.3) is 0 Å². The van der Waals surface area contributed by atoms with Crippen LogP contribution in [0.3, 0.4) is 0 Å². The molecule has 2 heteroatoms. The fraction of sp³-hybridized carbons (Fsp3) is 0.273. The Morgan fingerprint density at radius 3 is 2.69 bits per heavy atom. The van der Waals surface area contributed by atoms with Gasteiger partial charge in [0.15, 0.2) is 0 Å². The van der Waals surface area contributed by atoms with Crippen molar-refractivity contribution in [3.63, 3.8) is 0 Å². The van der Waals surface area contributed by atoms with Crippen LogP contribution in [0.4, 0.5) is 0 Å². The molecule has 2 aromatic rings. The van der Waals surface area contributed by atoms with Crippen LogP contribution >= 0.6 is 11.3 Å². The van der Waals surface area contributed by atoms with E-state index in [2.05, 4.69) is 31.4 Å². The maximum atomic E-state index is 5.31. The fourth-order valence-electron chi connectivity index (χ4n) is 1.55. The molecular formula is C11H12OS. The molecule has 0 atom stereocenters. The number of hydrogen-bond donors (Lipinski definition) is 0. The van der Waals surface area contributed by atoms with E-state index in [9.17, 15) is 0 Å². The molecule has 1 heterocycles. The zero-order chi connectivity index (χ0) is 9.42. The van der Waals surface area contributed by atoms with Gasteiger partial charge in [0.2, 0.25) is 0 Å². The predicted molar refractivity (Wildman–Crippen MR) is 57.9 cm³/mol. The molecule has 0 unspecified atom stereocenters. The SMILES string of the molecule is COc1cc2ccsc2c(C)c1C. The average molecular weight is 192 g/mol. The van der Waals surface area contributed by atoms with Crippen LogP contribution in [0, 0.1) is 13.8 Å². The van der Waals surface area contributed by atoms with Crippen LogP contribution in [-0.2, 0) is 0 Å². The Balaban J connectivity index is 2.83. The Morgan fingerprint density at radius 1 is 1.23 bits per heavy atom. The Hall–Kier alpha value is -1.02. The zero-order valence-corrected chi connectivity index (χ0v) is 8.87. The molecule has 1 aromatic heterocycles. The average Bonchev–Trinajstić information content (AvgIpc) is 2.59. The van der Waals surface area contributed by atoms with Gasteiger partial charge in [0.05, 0.1) is 7.11 Å². The van der Waals surface area contributed by atoms with Crippen LogP contribution in [0.5, 0.6) is 5.75 Å². The highest BCUT2D eigenvalue weighted by Crippen LogP contribution is 2.32. The summed E-state index contributed by atoms with van der Waals surface area (Å²) < 4.78 is 6.68. The second kappa shape index (κ2) is 3.04. The molecule has 0 aliphatic heterocycles. The highest BCUT2D eigenvalue weighted by molar-refractivity contribution is 7.17. The second-order valence-corrected chi connectivity index (χ2v) is 4.08. The molecule has 2 rings (SSSR count). The molecule has 0 bridgehead atoms. The van der Waals surface area contributed by atoms with Crippen molar-refractivity contribution >= 4 is 21.4 Å². The van der Waals surface area contributed by atoms with Crippen molar-refractivity contribution in [2.75, 3.05) is 7.11 Å². The van der Waals surface area contributed by atoms with Crippen molar-refractivity contribution in [2.45, 2.75) is 13.8 Å². The number of benzene rings is 1. The molecule has 13 heavy (non-hydrogen) atoms. The molecule has 0 spiro atoms. The third-order valence-corrected chi connectivity index (χ3v) is 3.52. The summed E-state index contributed by atoms with van der Waals surface area (Å²) in [6.07, 6.45) is 0. The Bertz CT molecular complexity index is 443. The van der Waals surface area contributed by atoms with Gasteiger partial charge in [-0.2, -0.15) is 0 Å². The van der Waals surface area contributed by atoms with E-state index in [4.69, 9.17) is 4.74 Å². The first-order valence-electron chi connectivity index (χ1n) is 4.25. The van der Waals surface area contributed by atoms with Crippen LogP contribution in [0.1, 0.15) is 11.1 Å². The molecular weight excluding hydrogens is 180 g/mol. The molecule has 0 aliphatic carbocycles. The van der Waals surface area contributed by atoms with E-state index in [1.807, 2.05) is 0 Å². The molecule has 1 nitrogen and oxygen atoms in total. The zero-order valence-electron chi connectivity index (χ0n) is 8.05. The number of fused-ring (bicyclic) bond motifs is 1. The molecule has 0 amide bonds. The largest absolute Gasteiger partial charge is 0.496 e. The van der Waals surface area contributed by atoms with Crippen molar-refractivity contribution in [1.82, 2.24) is 0 Å². The van der Waals surface area contributed by atoms with Gasteiger partial charge in [0.1, 0.15) is 5.75 Å². The maximum absolute atomic E-state index is 5.31. The van der Waals surface area contributed by atoms with Crippen LogP contribution in [0.25, 0.3) is 10.1 Å². The number of methoxy groups -OCH3 is 1. The van der Waals surface area contributed by atoms with Crippen molar-refractivity contribution < 1.29 is 4.74 Å². The fourth-order valence-corrected chi connectivity index (χ4v) is 2.50. The van der Waals surface area contributed by atoms with Gasteiger partial charge in [-0.25, -0.2) is 0 Å². The topological polar surface area (TPSA) is 9.23 Å². The number of ether oxygens (including phenoxy) is 1. The van der Waals surface area contributed by atoms with Crippen molar-refractivity contribution in [1.29, 1.82) is 0 Å². The lowest BCUT2D eigenvalue weighted by Crippen LogP contribution is -1.89. The molecule has 0 radical (unpaired) electrons. The van der Waals surface area contributed by atoms with Gasteiger partial charge in [-0.05, 0) is 47.9 Å². The molecule has 0 aliphatic rings. The van der Waals surface area contributed by atoms with Crippen LogP contribution < -0.4 is 4.74 Å². The molecule has 1 aromatic carbocycles. The van der Waals surface area contributed by atoms with Crippen LogP contribution in [-0.4, -0.2) is 7.11 Å². The lowest BCUT2D eigenvalue weighted by atomic mass is 10.1. The summed E-state index contributed by atoms with van der Waals surface area (Å²) in [6.45, 7) is 4.25. The summed E-state index contributed by atoms with van der Waals surface area (Å²) in [5, 5.41) is 3.40. The number of thiophene rings is 1. The van der Waals surface area contributed by atoms with E-state index in [0.717, 1.165) is 5.75 Å². The van der Waals surface area contributed by atoms with Gasteiger partial charge in [0, 0.05) is 4.70 Å². The van der Waals surface area contributed by atoms with Gasteiger partial charge >= 0.3 is 0 Å². The van der Waals surface area contributed by atoms with E-state index in [-0.39, 0.29) is 0 Å². The minimum atomic E-state index is 0.989. The van der Waals surface area contributed by atoms with Crippen LogP contribution in [0.2, 0.25) is 0 Å². The van der Waals surface area contributed by atoms with Crippen LogP contribution in [0.15, 0.2) is 17.5 Å². The first kappa shape index (κ1) is 8.57. The molecule has 68 valence electrons. The van der Waals surface area contributed by atoms with Gasteiger partial charge in [-0.3, -0.25) is 0 Å². The summed E-state index contributed by atoms with van der Waals surface area (Å²) in [4.78, 5) is 0. The predicted octanol–water partition coefficient (Wildman–Crippen LogP) is 3.53. The Kier molecular flexibility index (Phi) is 2.00.